The van der Waals surface area contributed by atoms with Gasteiger partial charge in [0.15, 0.2) is 5.75 Å². The van der Waals surface area contributed by atoms with Crippen molar-refractivity contribution >= 4 is 17.5 Å². The summed E-state index contributed by atoms with van der Waals surface area (Å²) < 4.78 is 39.8. The van der Waals surface area contributed by atoms with E-state index >= 15 is 0 Å². The van der Waals surface area contributed by atoms with E-state index in [2.05, 4.69) is 0 Å². The zero-order chi connectivity index (χ0) is 19.2. The van der Waals surface area contributed by atoms with Crippen LogP contribution in [-0.2, 0) is 4.79 Å². The van der Waals surface area contributed by atoms with Gasteiger partial charge in [-0.15, -0.1) is 0 Å². The van der Waals surface area contributed by atoms with Crippen molar-refractivity contribution in [1.29, 1.82) is 0 Å². The molecule has 9 nitrogen and oxygen atoms in total. The van der Waals surface area contributed by atoms with Gasteiger partial charge < -0.3 is 20.8 Å². The van der Waals surface area contributed by atoms with Crippen LogP contribution in [0, 0.1) is 16.0 Å². The Morgan fingerprint density at radius 3 is 2.48 bits per heavy atom. The summed E-state index contributed by atoms with van der Waals surface area (Å²) in [4.78, 5) is 33.3. The molecule has 0 aromatic heterocycles. The Labute approximate surface area is 137 Å². The van der Waals surface area contributed by atoms with E-state index in [1.165, 1.54) is 5.32 Å². The number of urea groups is 1. The molecule has 1 saturated heterocycles. The fourth-order valence-electron chi connectivity index (χ4n) is 2.68. The lowest BCUT2D eigenvalue weighted by Gasteiger charge is -2.44. The van der Waals surface area contributed by atoms with Crippen molar-refractivity contribution < 1.29 is 37.9 Å². The third-order valence-electron chi connectivity index (χ3n) is 3.80. The molecule has 0 saturated carbocycles. The molecule has 3 atom stereocenters. The number of benzene rings is 1. The Bertz CT molecular complexity index is 753. The highest BCUT2D eigenvalue weighted by atomic mass is 19.4. The van der Waals surface area contributed by atoms with Crippen molar-refractivity contribution in [3.8, 4) is 5.75 Å². The molecule has 2 amide bonds. The van der Waals surface area contributed by atoms with Crippen LogP contribution in [0.1, 0.15) is 18.5 Å². The first-order valence-corrected chi connectivity index (χ1v) is 6.74. The lowest BCUT2D eigenvalue weighted by Crippen LogP contribution is -2.72. The number of aliphatic hydroxyl groups is 1. The summed E-state index contributed by atoms with van der Waals surface area (Å²) in [6.07, 6.45) is -5.39. The number of hydrogen-bond acceptors (Lipinski definition) is 6. The molecule has 1 aliphatic rings. The average Bonchev–Trinajstić information content (AvgIpc) is 2.44. The Morgan fingerprint density at radius 2 is 2.00 bits per heavy atom. The van der Waals surface area contributed by atoms with Crippen molar-refractivity contribution in [2.75, 3.05) is 0 Å². The zero-order valence-corrected chi connectivity index (χ0v) is 12.5. The van der Waals surface area contributed by atoms with Crippen LogP contribution in [-0.4, -0.2) is 38.9 Å². The smallest absolute Gasteiger partial charge is 0.437 e. The van der Waals surface area contributed by atoms with Gasteiger partial charge in [0.05, 0.1) is 16.9 Å². The van der Waals surface area contributed by atoms with Crippen molar-refractivity contribution in [2.45, 2.75) is 24.9 Å². The molecule has 0 radical (unpaired) electrons. The monoisotopic (exact) mass is 363 g/mol. The normalized spacial score (nSPS) is 26.5. The van der Waals surface area contributed by atoms with Crippen LogP contribution >= 0.6 is 0 Å². The van der Waals surface area contributed by atoms with Gasteiger partial charge in [-0.2, -0.15) is 13.2 Å². The molecule has 0 bridgehead atoms. The second-order valence-electron chi connectivity index (χ2n) is 5.43. The van der Waals surface area contributed by atoms with E-state index in [0.29, 0.717) is 0 Å². The third-order valence-corrected chi connectivity index (χ3v) is 3.80. The van der Waals surface area contributed by atoms with Gasteiger partial charge in [0.1, 0.15) is 5.78 Å². The predicted molar refractivity (Wildman–Crippen MR) is 74.3 cm³/mol. The summed E-state index contributed by atoms with van der Waals surface area (Å²) in [6.45, 7) is 0.780. The number of amides is 2. The van der Waals surface area contributed by atoms with E-state index in [0.717, 1.165) is 25.1 Å². The average molecular weight is 363 g/mol. The molecule has 0 aliphatic carbocycles. The number of halogens is 3. The van der Waals surface area contributed by atoms with Crippen LogP contribution in [0.25, 0.3) is 0 Å². The minimum Gasteiger partial charge on any atom is -0.502 e. The van der Waals surface area contributed by atoms with Crippen LogP contribution in [0.4, 0.5) is 23.7 Å². The topological polar surface area (TPSA) is 142 Å². The van der Waals surface area contributed by atoms with E-state index < -0.39 is 52.0 Å². The standard InChI is InChI=1S/C13H12F3N3O6/c1-5(20)9-10(6-2-3-8(21)7(4-6)19(24)25)17-11(22)18-12(9,23)13(14,15)16/h2-4,9-10,21,23H,1H3,(H2,17,18,22). The molecule has 12 heteroatoms. The number of nitro groups is 1. The zero-order valence-electron chi connectivity index (χ0n) is 12.5. The fraction of sp³-hybridized carbons (Fsp3) is 0.385. The SMILES string of the molecule is CC(=O)C1C(c2ccc(O)c([N+](=O)[O-])c2)NC(=O)NC1(O)C(F)(F)F. The summed E-state index contributed by atoms with van der Waals surface area (Å²) in [6, 6.07) is -0.565. The van der Waals surface area contributed by atoms with E-state index in [-0.39, 0.29) is 5.56 Å². The van der Waals surface area contributed by atoms with Gasteiger partial charge in [-0.25, -0.2) is 4.79 Å². The lowest BCUT2D eigenvalue weighted by molar-refractivity contribution is -0.386. The van der Waals surface area contributed by atoms with Crippen molar-refractivity contribution in [3.63, 3.8) is 0 Å². The Kier molecular flexibility index (Phi) is 4.34. The highest BCUT2D eigenvalue weighted by Gasteiger charge is 2.65. The van der Waals surface area contributed by atoms with Crippen molar-refractivity contribution in [2.24, 2.45) is 5.92 Å². The first kappa shape index (κ1) is 18.4. The molecule has 25 heavy (non-hydrogen) atoms. The summed E-state index contributed by atoms with van der Waals surface area (Å²) in [5.74, 6) is -4.08. The Balaban J connectivity index is 2.62. The van der Waals surface area contributed by atoms with E-state index in [1.54, 1.807) is 0 Å². The minimum atomic E-state index is -5.39. The molecule has 2 rings (SSSR count). The number of carbonyl (C=O) groups excluding carboxylic acids is 2. The minimum absolute atomic E-state index is 0.262. The number of alkyl halides is 3. The maximum atomic E-state index is 13.3. The lowest BCUT2D eigenvalue weighted by atomic mass is 9.79. The largest absolute Gasteiger partial charge is 0.502 e. The number of Topliss-reactive ketones (excluding diaryl/α,β-unsaturated/α-hetero) is 1. The van der Waals surface area contributed by atoms with E-state index in [9.17, 15) is 43.1 Å². The van der Waals surface area contributed by atoms with E-state index in [4.69, 9.17) is 0 Å². The molecule has 1 fully saturated rings. The van der Waals surface area contributed by atoms with Crippen LogP contribution in [0.5, 0.6) is 5.75 Å². The maximum Gasteiger partial charge on any atom is 0.437 e. The molecule has 3 unspecified atom stereocenters. The third kappa shape index (κ3) is 3.07. The van der Waals surface area contributed by atoms with Crippen LogP contribution < -0.4 is 10.6 Å². The first-order valence-electron chi connectivity index (χ1n) is 6.74. The van der Waals surface area contributed by atoms with Crippen LogP contribution in [0.15, 0.2) is 18.2 Å². The summed E-state index contributed by atoms with van der Waals surface area (Å²) in [5, 5.41) is 33.6. The summed E-state index contributed by atoms with van der Waals surface area (Å²) >= 11 is 0. The highest BCUT2D eigenvalue weighted by molar-refractivity contribution is 5.86. The summed E-state index contributed by atoms with van der Waals surface area (Å²) in [7, 11) is 0. The van der Waals surface area contributed by atoms with Gasteiger partial charge >= 0.3 is 17.9 Å². The predicted octanol–water partition coefficient (Wildman–Crippen LogP) is 1.11. The second-order valence-corrected chi connectivity index (χ2v) is 5.43. The number of phenols is 1. The number of nitrogens with one attached hydrogen (secondary N) is 2. The molecule has 1 aliphatic heterocycles. The first-order chi connectivity index (χ1) is 11.4. The Hall–Kier alpha value is -2.89. The van der Waals surface area contributed by atoms with Gasteiger partial charge in [-0.3, -0.25) is 14.9 Å². The molecule has 1 heterocycles. The van der Waals surface area contributed by atoms with Gasteiger partial charge in [-0.1, -0.05) is 6.07 Å². The van der Waals surface area contributed by atoms with Gasteiger partial charge in [-0.05, 0) is 18.6 Å². The molecule has 1 aromatic carbocycles. The second kappa shape index (κ2) is 5.88. The molecule has 0 spiro atoms. The quantitative estimate of drug-likeness (QED) is 0.468. The fourth-order valence-corrected chi connectivity index (χ4v) is 2.68. The van der Waals surface area contributed by atoms with E-state index in [1.807, 2.05) is 5.32 Å². The number of hydrogen-bond donors (Lipinski definition) is 4. The van der Waals surface area contributed by atoms with Gasteiger partial charge in [0, 0.05) is 6.07 Å². The maximum absolute atomic E-state index is 13.3. The van der Waals surface area contributed by atoms with Crippen LogP contribution in [0.2, 0.25) is 0 Å². The number of nitrogens with zero attached hydrogens (tertiary/aromatic N) is 1. The molecular weight excluding hydrogens is 351 g/mol. The molecule has 136 valence electrons. The van der Waals surface area contributed by atoms with Gasteiger partial charge in [0.2, 0.25) is 5.72 Å². The molecule has 1 aromatic rings. The Morgan fingerprint density at radius 1 is 1.40 bits per heavy atom. The number of carbonyl (C=O) groups is 2. The van der Waals surface area contributed by atoms with Crippen molar-refractivity contribution in [1.82, 2.24) is 10.6 Å². The van der Waals surface area contributed by atoms with Crippen LogP contribution in [0.3, 0.4) is 0 Å². The van der Waals surface area contributed by atoms with Gasteiger partial charge in [0.25, 0.3) is 0 Å². The number of rotatable bonds is 3. The molecule has 4 N–H and O–H groups in total. The number of phenolic OH excluding ortho intramolecular Hbond substituents is 1. The highest BCUT2D eigenvalue weighted by Crippen LogP contribution is 2.43. The molecular formula is C13H12F3N3O6. The number of aromatic hydroxyl groups is 1. The van der Waals surface area contributed by atoms with Crippen molar-refractivity contribution in [3.05, 3.63) is 33.9 Å². The number of ketones is 1. The summed E-state index contributed by atoms with van der Waals surface area (Å²) in [5.41, 5.74) is -4.95. The number of nitro benzene ring substituents is 1.